The van der Waals surface area contributed by atoms with Crippen LogP contribution in [0.25, 0.3) is 10.2 Å². The van der Waals surface area contributed by atoms with E-state index in [-0.39, 0.29) is 34.7 Å². The number of benzene rings is 1. The van der Waals surface area contributed by atoms with Crippen molar-refractivity contribution in [3.8, 4) is 0 Å². The van der Waals surface area contributed by atoms with Gasteiger partial charge in [-0.3, -0.25) is 14.9 Å². The molecule has 11 nitrogen and oxygen atoms in total. The van der Waals surface area contributed by atoms with Crippen molar-refractivity contribution in [2.24, 2.45) is 23.7 Å². The van der Waals surface area contributed by atoms with Crippen molar-refractivity contribution < 1.29 is 33.4 Å². The molecule has 1 aromatic carbocycles. The Morgan fingerprint density at radius 1 is 1.04 bits per heavy atom. The van der Waals surface area contributed by atoms with Crippen molar-refractivity contribution >= 4 is 56.4 Å². The van der Waals surface area contributed by atoms with Gasteiger partial charge in [-0.05, 0) is 88.8 Å². The molecule has 0 bridgehead atoms. The molecule has 5 rings (SSSR count). The van der Waals surface area contributed by atoms with Crippen molar-refractivity contribution in [2.75, 3.05) is 23.9 Å². The Hall–Kier alpha value is -3.48. The van der Waals surface area contributed by atoms with Crippen LogP contribution in [0.4, 0.5) is 24.8 Å². The van der Waals surface area contributed by atoms with E-state index in [0.717, 1.165) is 36.8 Å². The topological polar surface area (TPSA) is 150 Å². The summed E-state index contributed by atoms with van der Waals surface area (Å²) in [7, 11) is 0. The number of alkyl halides is 1. The predicted octanol–water partition coefficient (Wildman–Crippen LogP) is 6.79. The molecule has 1 aliphatic heterocycles. The minimum Gasteiger partial charge on any atom is -0.465 e. The van der Waals surface area contributed by atoms with Crippen LogP contribution in [0.15, 0.2) is 18.2 Å². The molecule has 46 heavy (non-hydrogen) atoms. The Bertz CT molecular complexity index is 1410. The second-order valence-electron chi connectivity index (χ2n) is 14.0. The van der Waals surface area contributed by atoms with E-state index >= 15 is 0 Å². The highest BCUT2D eigenvalue weighted by Crippen LogP contribution is 2.41. The van der Waals surface area contributed by atoms with Gasteiger partial charge < -0.3 is 25.4 Å². The molecule has 3 aliphatic rings. The molecule has 4 amide bonds. The molecule has 4 N–H and O–H groups in total. The molecule has 1 saturated heterocycles. The number of carbonyl (C=O) groups excluding carboxylic acids is 3. The Balaban J connectivity index is 1.27. The van der Waals surface area contributed by atoms with Gasteiger partial charge in [0.15, 0.2) is 5.13 Å². The van der Waals surface area contributed by atoms with Crippen LogP contribution in [-0.4, -0.2) is 69.9 Å². The number of nitrogens with zero attached hydrogens (tertiary/aromatic N) is 2. The first-order chi connectivity index (χ1) is 21.9. The van der Waals surface area contributed by atoms with Gasteiger partial charge in [0.25, 0.3) is 0 Å². The summed E-state index contributed by atoms with van der Waals surface area (Å²) in [5, 5.41) is 17.3. The van der Waals surface area contributed by atoms with E-state index in [4.69, 9.17) is 9.84 Å². The molecule has 0 spiro atoms. The van der Waals surface area contributed by atoms with Gasteiger partial charge in [0.05, 0.1) is 16.3 Å². The summed E-state index contributed by atoms with van der Waals surface area (Å²) in [6, 6.07) is 4.02. The highest BCUT2D eigenvalue weighted by Gasteiger charge is 2.47. The number of hydrogen-bond acceptors (Lipinski definition) is 7. The van der Waals surface area contributed by atoms with Crippen molar-refractivity contribution in [1.29, 1.82) is 0 Å². The second kappa shape index (κ2) is 14.5. The number of halogens is 1. The van der Waals surface area contributed by atoms with Crippen molar-refractivity contribution in [3.63, 3.8) is 0 Å². The molecule has 0 unspecified atom stereocenters. The van der Waals surface area contributed by atoms with Gasteiger partial charge in [-0.2, -0.15) is 0 Å². The third-order valence-corrected chi connectivity index (χ3v) is 10.6. The molecule has 2 heterocycles. The lowest BCUT2D eigenvalue weighted by Gasteiger charge is -2.37. The second-order valence-corrected chi connectivity index (χ2v) is 15.0. The zero-order valence-corrected chi connectivity index (χ0v) is 27.7. The number of rotatable bonds is 8. The van der Waals surface area contributed by atoms with Gasteiger partial charge in [-0.1, -0.05) is 43.4 Å². The summed E-state index contributed by atoms with van der Waals surface area (Å²) >= 11 is 1.18. The fourth-order valence-corrected chi connectivity index (χ4v) is 8.46. The maximum absolute atomic E-state index is 14.1. The summed E-state index contributed by atoms with van der Waals surface area (Å²) in [5.41, 5.74) is 0.510. The number of fused-ring (bicyclic) bond motifs is 1. The lowest BCUT2D eigenvalue weighted by atomic mass is 9.76. The number of hydrogen-bond donors (Lipinski definition) is 4. The Labute approximate surface area is 273 Å². The summed E-state index contributed by atoms with van der Waals surface area (Å²) in [6.45, 7) is 5.11. The van der Waals surface area contributed by atoms with E-state index in [2.05, 4.69) is 20.9 Å². The SMILES string of the molecule is CC(C)(C)OC(=O)N[C@H](CF)C1CCC(C(=O)N2CC[C@@H](C3CCCCC3)[C@H]2C(=O)Nc2ccc3nc(NC(=O)O)sc3c2)CC1. The van der Waals surface area contributed by atoms with Crippen LogP contribution in [0.1, 0.15) is 85.0 Å². The molecule has 252 valence electrons. The third-order valence-electron chi connectivity index (χ3n) is 9.68. The standard InChI is InChI=1S/C33H46FN5O6S/c1-33(2,3)45-32(44)37-25(18-34)20-9-11-21(12-10-20)29(41)39-16-15-23(19-7-5-4-6-8-19)27(39)28(40)35-22-13-14-24-26(17-22)46-30(36-24)38-31(42)43/h13-14,17,19-21,23,25,27H,4-12,15-16,18H2,1-3H3,(H,35,40)(H,36,38)(H,37,44)(H,42,43)/t20?,21?,23-,25+,27-/m0/s1. The van der Waals surface area contributed by atoms with Crippen LogP contribution in [0.2, 0.25) is 0 Å². The average Bonchev–Trinajstić information content (AvgIpc) is 3.63. The first kappa shape index (κ1) is 33.9. The molecular weight excluding hydrogens is 613 g/mol. The lowest BCUT2D eigenvalue weighted by Crippen LogP contribution is -2.50. The minimum absolute atomic E-state index is 0.0175. The van der Waals surface area contributed by atoms with Gasteiger partial charge in [-0.15, -0.1) is 0 Å². The van der Waals surface area contributed by atoms with Crippen molar-refractivity contribution in [1.82, 2.24) is 15.2 Å². The Morgan fingerprint density at radius 2 is 1.76 bits per heavy atom. The summed E-state index contributed by atoms with van der Waals surface area (Å²) < 4.78 is 20.0. The fourth-order valence-electron chi connectivity index (χ4n) is 7.56. The monoisotopic (exact) mass is 659 g/mol. The molecule has 3 fully saturated rings. The Morgan fingerprint density at radius 3 is 2.41 bits per heavy atom. The summed E-state index contributed by atoms with van der Waals surface area (Å²) in [4.78, 5) is 57.5. The lowest BCUT2D eigenvalue weighted by molar-refractivity contribution is -0.142. The molecule has 13 heteroatoms. The predicted molar refractivity (Wildman–Crippen MR) is 175 cm³/mol. The maximum Gasteiger partial charge on any atom is 0.410 e. The quantitative estimate of drug-likeness (QED) is 0.244. The van der Waals surface area contributed by atoms with E-state index in [0.29, 0.717) is 49.4 Å². The zero-order chi connectivity index (χ0) is 33.0. The number of anilines is 2. The molecular formula is C33H46FN5O6S. The summed E-state index contributed by atoms with van der Waals surface area (Å²) in [5.74, 6) is -0.115. The highest BCUT2D eigenvalue weighted by molar-refractivity contribution is 7.22. The number of alkyl carbamates (subject to hydrolysis) is 1. The van der Waals surface area contributed by atoms with Crippen LogP contribution >= 0.6 is 11.3 Å². The van der Waals surface area contributed by atoms with Gasteiger partial charge in [0, 0.05) is 18.2 Å². The van der Waals surface area contributed by atoms with Gasteiger partial charge >= 0.3 is 12.2 Å². The summed E-state index contributed by atoms with van der Waals surface area (Å²) in [6.07, 6.45) is 6.88. The van der Waals surface area contributed by atoms with E-state index in [1.165, 1.54) is 17.8 Å². The normalized spacial score (nSPS) is 24.7. The van der Waals surface area contributed by atoms with E-state index in [1.54, 1.807) is 43.9 Å². The van der Waals surface area contributed by atoms with Crippen LogP contribution in [-0.2, 0) is 14.3 Å². The number of amides is 4. The largest absolute Gasteiger partial charge is 0.465 e. The maximum atomic E-state index is 14.1. The number of carboxylic acid groups (broad SMARTS) is 1. The Kier molecular flexibility index (Phi) is 10.7. The molecule has 2 aliphatic carbocycles. The zero-order valence-electron chi connectivity index (χ0n) is 26.9. The average molecular weight is 660 g/mol. The highest BCUT2D eigenvalue weighted by atomic mass is 32.1. The van der Waals surface area contributed by atoms with Crippen LogP contribution in [0, 0.1) is 23.7 Å². The molecule has 0 radical (unpaired) electrons. The molecule has 1 aromatic heterocycles. The van der Waals surface area contributed by atoms with Gasteiger partial charge in [0.1, 0.15) is 18.3 Å². The van der Waals surface area contributed by atoms with E-state index in [9.17, 15) is 23.6 Å². The number of aromatic nitrogens is 1. The first-order valence-corrected chi connectivity index (χ1v) is 17.3. The number of thiazole rings is 1. The molecule has 3 atom stereocenters. The first-order valence-electron chi connectivity index (χ1n) is 16.5. The number of carbonyl (C=O) groups is 4. The van der Waals surface area contributed by atoms with E-state index < -0.39 is 36.5 Å². The molecule has 2 aromatic rings. The molecule has 2 saturated carbocycles. The van der Waals surface area contributed by atoms with Crippen molar-refractivity contribution in [2.45, 2.75) is 103 Å². The number of likely N-dealkylation sites (tertiary alicyclic amines) is 1. The van der Waals surface area contributed by atoms with Gasteiger partial charge in [0.2, 0.25) is 11.8 Å². The van der Waals surface area contributed by atoms with Crippen LogP contribution < -0.4 is 16.0 Å². The third kappa shape index (κ3) is 8.26. The van der Waals surface area contributed by atoms with Crippen LogP contribution in [0.3, 0.4) is 0 Å². The number of nitrogens with one attached hydrogen (secondary N) is 3. The van der Waals surface area contributed by atoms with Crippen LogP contribution in [0.5, 0.6) is 0 Å². The fraction of sp³-hybridized carbons (Fsp3) is 0.667. The van der Waals surface area contributed by atoms with Gasteiger partial charge in [-0.25, -0.2) is 19.0 Å². The number of ether oxygens (including phenoxy) is 1. The van der Waals surface area contributed by atoms with Crippen molar-refractivity contribution in [3.05, 3.63) is 18.2 Å². The van der Waals surface area contributed by atoms with E-state index in [1.807, 2.05) is 0 Å². The minimum atomic E-state index is -1.19. The smallest absolute Gasteiger partial charge is 0.410 e.